The lowest BCUT2D eigenvalue weighted by Crippen LogP contribution is -2.26. The van der Waals surface area contributed by atoms with E-state index in [9.17, 15) is 0 Å². The van der Waals surface area contributed by atoms with E-state index in [1.165, 1.54) is 6.42 Å². The van der Waals surface area contributed by atoms with Crippen LogP contribution in [0.1, 0.15) is 31.2 Å². The van der Waals surface area contributed by atoms with Crippen molar-refractivity contribution in [2.75, 3.05) is 19.8 Å². The lowest BCUT2D eigenvalue weighted by Gasteiger charge is -2.23. The molecule has 2 saturated heterocycles. The fourth-order valence-electron chi connectivity index (χ4n) is 2.83. The van der Waals surface area contributed by atoms with Crippen LogP contribution >= 0.6 is 0 Å². The van der Waals surface area contributed by atoms with Crippen LogP contribution in [0.25, 0.3) is 5.57 Å². The summed E-state index contributed by atoms with van der Waals surface area (Å²) in [7, 11) is 0. The normalized spacial score (nSPS) is 23.7. The molecule has 4 nitrogen and oxygen atoms in total. The second kappa shape index (κ2) is 6.37. The Hall–Kier alpha value is -1.39. The van der Waals surface area contributed by atoms with Gasteiger partial charge in [-0.15, -0.1) is 0 Å². The average Bonchev–Trinajstić information content (AvgIpc) is 3.02. The highest BCUT2D eigenvalue weighted by atomic mass is 16.5. The zero-order chi connectivity index (χ0) is 13.8. The van der Waals surface area contributed by atoms with E-state index in [4.69, 9.17) is 9.47 Å². The van der Waals surface area contributed by atoms with Crippen molar-refractivity contribution in [3.8, 4) is 5.75 Å². The van der Waals surface area contributed by atoms with Gasteiger partial charge in [0.2, 0.25) is 0 Å². The number of hydrogen-bond donors (Lipinski definition) is 1. The zero-order valence-corrected chi connectivity index (χ0v) is 11.8. The minimum absolute atomic E-state index is 0.249. The molecule has 0 unspecified atom stereocenters. The highest BCUT2D eigenvalue weighted by Gasteiger charge is 2.20. The molecule has 0 radical (unpaired) electrons. The third-order valence-corrected chi connectivity index (χ3v) is 4.04. The molecule has 3 heterocycles. The van der Waals surface area contributed by atoms with Crippen LogP contribution in [0.2, 0.25) is 0 Å². The van der Waals surface area contributed by atoms with Gasteiger partial charge in [-0.05, 0) is 31.0 Å². The summed E-state index contributed by atoms with van der Waals surface area (Å²) in [6.07, 6.45) is 8.19. The quantitative estimate of drug-likeness (QED) is 0.915. The number of ether oxygens (including phenoxy) is 2. The van der Waals surface area contributed by atoms with E-state index < -0.39 is 0 Å². The van der Waals surface area contributed by atoms with Crippen molar-refractivity contribution < 1.29 is 9.47 Å². The van der Waals surface area contributed by atoms with Crippen molar-refractivity contribution in [1.29, 1.82) is 0 Å². The summed E-state index contributed by atoms with van der Waals surface area (Å²) >= 11 is 0. The first-order valence-corrected chi connectivity index (χ1v) is 7.45. The maximum Gasteiger partial charge on any atom is 0.138 e. The molecule has 0 aromatic carbocycles. The zero-order valence-electron chi connectivity index (χ0n) is 11.8. The summed E-state index contributed by atoms with van der Waals surface area (Å²) in [5, 5.41) is 3.47. The van der Waals surface area contributed by atoms with Gasteiger partial charge in [-0.1, -0.05) is 6.58 Å². The lowest BCUT2D eigenvalue weighted by atomic mass is 10.0. The van der Waals surface area contributed by atoms with E-state index in [2.05, 4.69) is 22.9 Å². The third-order valence-electron chi connectivity index (χ3n) is 4.04. The van der Waals surface area contributed by atoms with Gasteiger partial charge in [0.05, 0.1) is 19.4 Å². The van der Waals surface area contributed by atoms with Gasteiger partial charge < -0.3 is 14.8 Å². The molecule has 0 saturated carbocycles. The van der Waals surface area contributed by atoms with E-state index in [-0.39, 0.29) is 6.10 Å². The van der Waals surface area contributed by atoms with E-state index in [0.717, 1.165) is 55.9 Å². The van der Waals surface area contributed by atoms with Crippen LogP contribution in [0.5, 0.6) is 5.75 Å². The smallest absolute Gasteiger partial charge is 0.138 e. The molecule has 3 rings (SSSR count). The van der Waals surface area contributed by atoms with E-state index in [1.54, 1.807) is 6.20 Å². The molecule has 0 aliphatic carbocycles. The monoisotopic (exact) mass is 274 g/mol. The predicted molar refractivity (Wildman–Crippen MR) is 78.8 cm³/mol. The van der Waals surface area contributed by atoms with E-state index >= 15 is 0 Å². The van der Waals surface area contributed by atoms with Crippen LogP contribution in [0.15, 0.2) is 25.0 Å². The maximum absolute atomic E-state index is 6.00. The number of rotatable bonds is 4. The van der Waals surface area contributed by atoms with Crippen LogP contribution in [0.3, 0.4) is 0 Å². The number of hydrogen-bond acceptors (Lipinski definition) is 4. The topological polar surface area (TPSA) is 43.4 Å². The third kappa shape index (κ3) is 3.19. The lowest BCUT2D eigenvalue weighted by molar-refractivity contribution is 0.0254. The molecule has 4 heteroatoms. The van der Waals surface area contributed by atoms with Crippen LogP contribution in [-0.2, 0) is 4.74 Å². The number of nitrogens with one attached hydrogen (secondary N) is 1. The van der Waals surface area contributed by atoms with Crippen LogP contribution < -0.4 is 10.1 Å². The van der Waals surface area contributed by atoms with Gasteiger partial charge >= 0.3 is 0 Å². The summed E-state index contributed by atoms with van der Waals surface area (Å²) in [4.78, 5) is 4.30. The average molecular weight is 274 g/mol. The minimum atomic E-state index is 0.249. The van der Waals surface area contributed by atoms with Crippen molar-refractivity contribution in [2.45, 2.75) is 37.8 Å². The Morgan fingerprint density at radius 3 is 2.90 bits per heavy atom. The highest BCUT2D eigenvalue weighted by molar-refractivity contribution is 5.68. The summed E-state index contributed by atoms with van der Waals surface area (Å²) in [5.41, 5.74) is 2.20. The van der Waals surface area contributed by atoms with E-state index in [1.807, 2.05) is 6.20 Å². The molecule has 0 amide bonds. The van der Waals surface area contributed by atoms with Gasteiger partial charge in [0.1, 0.15) is 11.9 Å². The number of aromatic nitrogens is 1. The molecule has 20 heavy (non-hydrogen) atoms. The Bertz CT molecular complexity index is 463. The molecule has 0 bridgehead atoms. The number of nitrogens with zero attached hydrogens (tertiary/aromatic N) is 1. The van der Waals surface area contributed by atoms with Gasteiger partial charge in [-0.3, -0.25) is 4.98 Å². The Morgan fingerprint density at radius 1 is 1.30 bits per heavy atom. The second-order valence-electron chi connectivity index (χ2n) is 5.51. The SMILES string of the molecule is C=C(c1cncc(OC2CCOCC2)c1)[C@H]1CCCN1. The summed E-state index contributed by atoms with van der Waals surface area (Å²) in [6.45, 7) is 6.87. The standard InChI is InChI=1S/C16H22N2O2/c1-12(16-3-2-6-18-16)13-9-15(11-17-10-13)20-14-4-7-19-8-5-14/h9-11,14,16,18H,1-8H2/t16-/m1/s1. The molecule has 1 aromatic heterocycles. The highest BCUT2D eigenvalue weighted by Crippen LogP contribution is 2.25. The first kappa shape index (κ1) is 13.6. The Kier molecular flexibility index (Phi) is 4.33. The fraction of sp³-hybridized carbons (Fsp3) is 0.562. The Labute approximate surface area is 120 Å². The van der Waals surface area contributed by atoms with Gasteiger partial charge in [0.25, 0.3) is 0 Å². The molecular formula is C16H22N2O2. The molecule has 2 aliphatic rings. The molecule has 2 fully saturated rings. The predicted octanol–water partition coefficient (Wildman–Crippen LogP) is 2.40. The van der Waals surface area contributed by atoms with Crippen LogP contribution in [0, 0.1) is 0 Å². The first-order chi connectivity index (χ1) is 9.83. The van der Waals surface area contributed by atoms with Crippen LogP contribution in [-0.4, -0.2) is 36.9 Å². The van der Waals surface area contributed by atoms with Gasteiger partial charge in [-0.2, -0.15) is 0 Å². The van der Waals surface area contributed by atoms with Crippen molar-refractivity contribution in [1.82, 2.24) is 10.3 Å². The van der Waals surface area contributed by atoms with E-state index in [0.29, 0.717) is 6.04 Å². The fourth-order valence-corrected chi connectivity index (χ4v) is 2.83. The maximum atomic E-state index is 6.00. The Balaban J connectivity index is 1.67. The summed E-state index contributed by atoms with van der Waals surface area (Å²) < 4.78 is 11.4. The van der Waals surface area contributed by atoms with Crippen LogP contribution in [0.4, 0.5) is 0 Å². The summed E-state index contributed by atoms with van der Waals surface area (Å²) in [6, 6.07) is 2.44. The Morgan fingerprint density at radius 2 is 2.15 bits per heavy atom. The molecule has 0 spiro atoms. The first-order valence-electron chi connectivity index (χ1n) is 7.45. The molecular weight excluding hydrogens is 252 g/mol. The summed E-state index contributed by atoms with van der Waals surface area (Å²) in [5.74, 6) is 0.841. The molecule has 1 atom stereocenters. The van der Waals surface area contributed by atoms with Gasteiger partial charge in [0.15, 0.2) is 0 Å². The van der Waals surface area contributed by atoms with Crippen molar-refractivity contribution in [3.63, 3.8) is 0 Å². The van der Waals surface area contributed by atoms with Crippen molar-refractivity contribution in [2.24, 2.45) is 0 Å². The van der Waals surface area contributed by atoms with Gasteiger partial charge in [-0.25, -0.2) is 0 Å². The molecule has 2 aliphatic heterocycles. The van der Waals surface area contributed by atoms with Crippen molar-refractivity contribution >= 4 is 5.57 Å². The largest absolute Gasteiger partial charge is 0.489 e. The minimum Gasteiger partial charge on any atom is -0.489 e. The number of pyridine rings is 1. The molecule has 108 valence electrons. The molecule has 1 N–H and O–H groups in total. The van der Waals surface area contributed by atoms with Gasteiger partial charge in [0, 0.05) is 30.6 Å². The molecule has 1 aromatic rings. The second-order valence-corrected chi connectivity index (χ2v) is 5.51. The van der Waals surface area contributed by atoms with Crippen molar-refractivity contribution in [3.05, 3.63) is 30.6 Å².